The minimum absolute atomic E-state index is 0.106. The number of benzene rings is 1. The molecule has 22 heavy (non-hydrogen) atoms. The van der Waals surface area contributed by atoms with Gasteiger partial charge in [0.1, 0.15) is 12.4 Å². The van der Waals surface area contributed by atoms with E-state index in [-0.39, 0.29) is 11.8 Å². The van der Waals surface area contributed by atoms with E-state index in [0.717, 1.165) is 30.6 Å². The summed E-state index contributed by atoms with van der Waals surface area (Å²) in [6.45, 7) is 0.880. The SMILES string of the molecule is C#CCN(C(=O)C1COc2ccccc2C1)C1CCCCC1. The van der Waals surface area contributed by atoms with E-state index in [1.54, 1.807) is 0 Å². The Hall–Kier alpha value is -1.95. The number of terminal acetylenes is 1. The maximum Gasteiger partial charge on any atom is 0.230 e. The summed E-state index contributed by atoms with van der Waals surface area (Å²) in [5.74, 6) is 3.64. The highest BCUT2D eigenvalue weighted by atomic mass is 16.5. The van der Waals surface area contributed by atoms with Gasteiger partial charge in [-0.05, 0) is 30.9 Å². The number of rotatable bonds is 3. The summed E-state index contributed by atoms with van der Waals surface area (Å²) in [7, 11) is 0. The monoisotopic (exact) mass is 297 g/mol. The van der Waals surface area contributed by atoms with Gasteiger partial charge < -0.3 is 9.64 Å². The number of hydrogen-bond acceptors (Lipinski definition) is 2. The molecule has 0 bridgehead atoms. The Morgan fingerprint density at radius 1 is 1.27 bits per heavy atom. The molecule has 1 aliphatic carbocycles. The van der Waals surface area contributed by atoms with Gasteiger partial charge in [-0.15, -0.1) is 6.42 Å². The van der Waals surface area contributed by atoms with Crippen molar-refractivity contribution in [3.63, 3.8) is 0 Å². The van der Waals surface area contributed by atoms with Crippen molar-refractivity contribution in [3.05, 3.63) is 29.8 Å². The molecule has 0 aromatic heterocycles. The Bertz CT molecular complexity index is 569. The number of hydrogen-bond donors (Lipinski definition) is 0. The predicted molar refractivity (Wildman–Crippen MR) is 86.6 cm³/mol. The van der Waals surface area contributed by atoms with Crippen molar-refractivity contribution in [1.29, 1.82) is 0 Å². The van der Waals surface area contributed by atoms with Gasteiger partial charge in [-0.2, -0.15) is 0 Å². The van der Waals surface area contributed by atoms with Crippen LogP contribution in [0.3, 0.4) is 0 Å². The number of carbonyl (C=O) groups excluding carboxylic acids is 1. The summed E-state index contributed by atoms with van der Waals surface area (Å²) in [5, 5.41) is 0. The van der Waals surface area contributed by atoms with E-state index in [1.165, 1.54) is 19.3 Å². The van der Waals surface area contributed by atoms with Crippen LogP contribution in [0.1, 0.15) is 37.7 Å². The summed E-state index contributed by atoms with van der Waals surface area (Å²) in [5.41, 5.74) is 1.12. The molecule has 0 saturated heterocycles. The van der Waals surface area contributed by atoms with Crippen molar-refractivity contribution in [3.8, 4) is 18.1 Å². The number of carbonyl (C=O) groups is 1. The normalized spacial score (nSPS) is 21.3. The molecule has 1 aromatic carbocycles. The van der Waals surface area contributed by atoms with Crippen molar-refractivity contribution < 1.29 is 9.53 Å². The molecule has 1 unspecified atom stereocenters. The zero-order valence-electron chi connectivity index (χ0n) is 13.0. The van der Waals surface area contributed by atoms with Crippen LogP contribution in [0.15, 0.2) is 24.3 Å². The third-order valence-corrected chi connectivity index (χ3v) is 4.79. The molecule has 0 N–H and O–H groups in total. The molecule has 3 nitrogen and oxygen atoms in total. The molecule has 3 heteroatoms. The Morgan fingerprint density at radius 3 is 2.82 bits per heavy atom. The zero-order chi connectivity index (χ0) is 15.4. The molecular weight excluding hydrogens is 274 g/mol. The summed E-state index contributed by atoms with van der Waals surface area (Å²) < 4.78 is 5.77. The molecular formula is C19H23NO2. The molecule has 0 radical (unpaired) electrons. The Kier molecular flexibility index (Phi) is 4.68. The van der Waals surface area contributed by atoms with Gasteiger partial charge in [0, 0.05) is 6.04 Å². The molecule has 1 saturated carbocycles. The first-order chi connectivity index (χ1) is 10.8. The second-order valence-electron chi connectivity index (χ2n) is 6.28. The number of para-hydroxylation sites is 1. The molecule has 1 atom stereocenters. The molecule has 0 spiro atoms. The predicted octanol–water partition coefficient (Wildman–Crippen LogP) is 3.03. The lowest BCUT2D eigenvalue weighted by Crippen LogP contribution is -2.47. The lowest BCUT2D eigenvalue weighted by atomic mass is 9.91. The van der Waals surface area contributed by atoms with Gasteiger partial charge in [0.25, 0.3) is 0 Å². The first-order valence-electron chi connectivity index (χ1n) is 8.24. The van der Waals surface area contributed by atoms with Crippen LogP contribution in [0, 0.1) is 18.3 Å². The quantitative estimate of drug-likeness (QED) is 0.803. The number of fused-ring (bicyclic) bond motifs is 1. The van der Waals surface area contributed by atoms with Crippen LogP contribution in [0.2, 0.25) is 0 Å². The first kappa shape index (κ1) is 15.0. The third-order valence-electron chi connectivity index (χ3n) is 4.79. The van der Waals surface area contributed by atoms with Crippen molar-refractivity contribution in [1.82, 2.24) is 4.90 Å². The molecule has 1 aliphatic heterocycles. The van der Waals surface area contributed by atoms with Gasteiger partial charge in [-0.1, -0.05) is 43.4 Å². The summed E-state index contributed by atoms with van der Waals surface area (Å²) in [6.07, 6.45) is 12.1. The molecule has 1 heterocycles. The van der Waals surface area contributed by atoms with E-state index >= 15 is 0 Å². The van der Waals surface area contributed by atoms with Crippen LogP contribution in [-0.4, -0.2) is 30.0 Å². The van der Waals surface area contributed by atoms with Gasteiger partial charge in [0.05, 0.1) is 12.5 Å². The van der Waals surface area contributed by atoms with Crippen LogP contribution < -0.4 is 4.74 Å². The van der Waals surface area contributed by atoms with Crippen LogP contribution in [0.5, 0.6) is 5.75 Å². The molecule has 3 rings (SSSR count). The van der Waals surface area contributed by atoms with Crippen LogP contribution in [0.25, 0.3) is 0 Å². The van der Waals surface area contributed by atoms with E-state index in [0.29, 0.717) is 19.2 Å². The summed E-state index contributed by atoms with van der Waals surface area (Å²) >= 11 is 0. The van der Waals surface area contributed by atoms with Crippen LogP contribution in [0.4, 0.5) is 0 Å². The fourth-order valence-corrected chi connectivity index (χ4v) is 3.60. The lowest BCUT2D eigenvalue weighted by Gasteiger charge is -2.36. The first-order valence-corrected chi connectivity index (χ1v) is 8.24. The Balaban J connectivity index is 1.72. The van der Waals surface area contributed by atoms with E-state index in [2.05, 4.69) is 5.92 Å². The standard InChI is InChI=1S/C19H23NO2/c1-2-12-20(17-9-4-3-5-10-17)19(21)16-13-15-8-6-7-11-18(15)22-14-16/h1,6-8,11,16-17H,3-5,9-10,12-14H2. The zero-order valence-corrected chi connectivity index (χ0v) is 13.0. The highest BCUT2D eigenvalue weighted by Gasteiger charge is 2.33. The number of amides is 1. The van der Waals surface area contributed by atoms with Gasteiger partial charge >= 0.3 is 0 Å². The lowest BCUT2D eigenvalue weighted by molar-refractivity contribution is -0.139. The molecule has 2 aliphatic rings. The fourth-order valence-electron chi connectivity index (χ4n) is 3.60. The Labute approximate surface area is 132 Å². The van der Waals surface area contributed by atoms with Crippen molar-refractivity contribution in [2.24, 2.45) is 5.92 Å². The maximum absolute atomic E-state index is 12.9. The topological polar surface area (TPSA) is 29.5 Å². The van der Waals surface area contributed by atoms with Crippen LogP contribution in [-0.2, 0) is 11.2 Å². The highest BCUT2D eigenvalue weighted by Crippen LogP contribution is 2.30. The minimum atomic E-state index is -0.106. The summed E-state index contributed by atoms with van der Waals surface area (Å²) in [6, 6.07) is 8.29. The van der Waals surface area contributed by atoms with Crippen molar-refractivity contribution in [2.45, 2.75) is 44.6 Å². The molecule has 1 fully saturated rings. The highest BCUT2D eigenvalue weighted by molar-refractivity contribution is 5.80. The van der Waals surface area contributed by atoms with Crippen molar-refractivity contribution in [2.75, 3.05) is 13.2 Å². The average Bonchev–Trinajstić information content (AvgIpc) is 2.59. The van der Waals surface area contributed by atoms with Gasteiger partial charge in [-0.25, -0.2) is 0 Å². The van der Waals surface area contributed by atoms with E-state index in [1.807, 2.05) is 29.2 Å². The third kappa shape index (κ3) is 3.11. The van der Waals surface area contributed by atoms with Gasteiger partial charge in [0.15, 0.2) is 0 Å². The van der Waals surface area contributed by atoms with Crippen LogP contribution >= 0.6 is 0 Å². The average molecular weight is 297 g/mol. The second-order valence-corrected chi connectivity index (χ2v) is 6.28. The number of nitrogens with zero attached hydrogens (tertiary/aromatic N) is 1. The molecule has 1 amide bonds. The van der Waals surface area contributed by atoms with E-state index in [4.69, 9.17) is 11.2 Å². The Morgan fingerprint density at radius 2 is 2.05 bits per heavy atom. The van der Waals surface area contributed by atoms with E-state index < -0.39 is 0 Å². The maximum atomic E-state index is 12.9. The fraction of sp³-hybridized carbons (Fsp3) is 0.526. The van der Waals surface area contributed by atoms with Gasteiger partial charge in [-0.3, -0.25) is 4.79 Å². The molecule has 116 valence electrons. The summed E-state index contributed by atoms with van der Waals surface area (Å²) in [4.78, 5) is 14.9. The van der Waals surface area contributed by atoms with Crippen molar-refractivity contribution >= 4 is 5.91 Å². The number of ether oxygens (including phenoxy) is 1. The second kappa shape index (κ2) is 6.87. The largest absolute Gasteiger partial charge is 0.492 e. The van der Waals surface area contributed by atoms with E-state index in [9.17, 15) is 4.79 Å². The molecule has 1 aromatic rings. The minimum Gasteiger partial charge on any atom is -0.492 e. The smallest absolute Gasteiger partial charge is 0.230 e. The van der Waals surface area contributed by atoms with Gasteiger partial charge in [0.2, 0.25) is 5.91 Å².